The number of nitrogens with zero attached hydrogens (tertiary/aromatic N) is 5. The van der Waals surface area contributed by atoms with Gasteiger partial charge < -0.3 is 0 Å². The zero-order valence-electron chi connectivity index (χ0n) is 12.1. The number of hydrogen-bond acceptors (Lipinski definition) is 3. The third kappa shape index (κ3) is 4.71. The van der Waals surface area contributed by atoms with Crippen LogP contribution in [-0.4, -0.2) is 24.5 Å². The van der Waals surface area contributed by atoms with Crippen LogP contribution in [0.4, 0.5) is 0 Å². The minimum Gasteiger partial charge on any atom is -0.266 e. The van der Waals surface area contributed by atoms with Gasteiger partial charge in [0.05, 0.1) is 0 Å². The average Bonchev–Trinajstić information content (AvgIpc) is 3.31. The van der Waals surface area contributed by atoms with E-state index in [1.807, 2.05) is 60.8 Å². The molecule has 0 aliphatic rings. The Morgan fingerprint density at radius 3 is 1.96 bits per heavy atom. The van der Waals surface area contributed by atoms with Crippen molar-refractivity contribution in [2.45, 2.75) is 0 Å². The van der Waals surface area contributed by atoms with Gasteiger partial charge in [0.2, 0.25) is 0 Å². The van der Waals surface area contributed by atoms with Gasteiger partial charge in [-0.05, 0) is 17.4 Å². The number of rotatable bonds is 2. The van der Waals surface area contributed by atoms with Gasteiger partial charge in [-0.3, -0.25) is 4.68 Å². The SMILES string of the molecule is [Ir].[c-]1ccccc1-n1cccn1.[c-]1ccccc1-n1cncn1. The fraction of sp³-hybridized carbons (Fsp3) is 0. The van der Waals surface area contributed by atoms with Crippen LogP contribution in [0.2, 0.25) is 0 Å². The van der Waals surface area contributed by atoms with E-state index in [9.17, 15) is 0 Å². The molecule has 23 heavy (non-hydrogen) atoms. The molecule has 2 aromatic carbocycles. The van der Waals surface area contributed by atoms with E-state index in [4.69, 9.17) is 0 Å². The first kappa shape index (κ1) is 16.8. The average molecular weight is 480 g/mol. The van der Waals surface area contributed by atoms with Crippen LogP contribution in [0.5, 0.6) is 0 Å². The van der Waals surface area contributed by atoms with Crippen molar-refractivity contribution in [3.8, 4) is 11.4 Å². The van der Waals surface area contributed by atoms with Crippen molar-refractivity contribution in [2.24, 2.45) is 0 Å². The smallest absolute Gasteiger partial charge is 0.138 e. The molecule has 0 saturated carbocycles. The quantitative estimate of drug-likeness (QED) is 0.416. The van der Waals surface area contributed by atoms with E-state index in [2.05, 4.69) is 27.3 Å². The van der Waals surface area contributed by atoms with Crippen LogP contribution < -0.4 is 0 Å². The molecule has 0 aliphatic carbocycles. The molecule has 0 atom stereocenters. The maximum absolute atomic E-state index is 4.07. The van der Waals surface area contributed by atoms with E-state index in [1.54, 1.807) is 21.9 Å². The van der Waals surface area contributed by atoms with E-state index in [1.165, 1.54) is 6.33 Å². The van der Waals surface area contributed by atoms with Gasteiger partial charge in [0.15, 0.2) is 0 Å². The Hall–Kier alpha value is -2.56. The van der Waals surface area contributed by atoms with Gasteiger partial charge in [-0.25, -0.2) is 9.67 Å². The number of para-hydroxylation sites is 2. The molecule has 117 valence electrons. The summed E-state index contributed by atoms with van der Waals surface area (Å²) in [6.07, 6.45) is 6.79. The molecular weight excluding hydrogens is 466 g/mol. The van der Waals surface area contributed by atoms with Gasteiger partial charge >= 0.3 is 0 Å². The number of aromatic nitrogens is 5. The van der Waals surface area contributed by atoms with Crippen molar-refractivity contribution in [1.29, 1.82) is 0 Å². The van der Waals surface area contributed by atoms with E-state index in [0.717, 1.165) is 11.4 Å². The second kappa shape index (κ2) is 8.78. The summed E-state index contributed by atoms with van der Waals surface area (Å²) in [6.45, 7) is 0. The van der Waals surface area contributed by atoms with Crippen molar-refractivity contribution < 1.29 is 20.1 Å². The summed E-state index contributed by atoms with van der Waals surface area (Å²) in [6, 6.07) is 23.4. The summed E-state index contributed by atoms with van der Waals surface area (Å²) in [7, 11) is 0. The molecule has 2 heterocycles. The molecule has 0 unspecified atom stereocenters. The maximum atomic E-state index is 4.07. The fourth-order valence-corrected chi connectivity index (χ4v) is 1.80. The summed E-state index contributed by atoms with van der Waals surface area (Å²) in [5, 5.41) is 8.03. The molecule has 6 heteroatoms. The van der Waals surface area contributed by atoms with E-state index < -0.39 is 0 Å². The molecule has 0 bridgehead atoms. The van der Waals surface area contributed by atoms with Crippen molar-refractivity contribution in [1.82, 2.24) is 24.5 Å². The van der Waals surface area contributed by atoms with Gasteiger partial charge in [-0.1, -0.05) is 0 Å². The number of hydrogen-bond donors (Lipinski definition) is 0. The predicted octanol–water partition coefficient (Wildman–Crippen LogP) is 2.74. The van der Waals surface area contributed by atoms with Crippen LogP contribution in [0.25, 0.3) is 11.4 Å². The first-order chi connectivity index (χ1) is 10.9. The van der Waals surface area contributed by atoms with E-state index in [-0.39, 0.29) is 20.1 Å². The van der Waals surface area contributed by atoms with Gasteiger partial charge in [0, 0.05) is 32.5 Å². The van der Waals surface area contributed by atoms with E-state index in [0.29, 0.717) is 0 Å². The van der Waals surface area contributed by atoms with Crippen LogP contribution in [0.15, 0.2) is 79.6 Å². The van der Waals surface area contributed by atoms with Crippen LogP contribution in [0, 0.1) is 12.1 Å². The van der Waals surface area contributed by atoms with Gasteiger partial charge in [-0.2, -0.15) is 58.7 Å². The molecule has 0 aliphatic heterocycles. The molecule has 0 N–H and O–H groups in total. The molecule has 0 saturated heterocycles. The molecule has 5 nitrogen and oxygen atoms in total. The summed E-state index contributed by atoms with van der Waals surface area (Å²) in [5.74, 6) is 0. The fourth-order valence-electron chi connectivity index (χ4n) is 1.80. The zero-order valence-corrected chi connectivity index (χ0v) is 14.5. The summed E-state index contributed by atoms with van der Waals surface area (Å²) in [4.78, 5) is 3.83. The Bertz CT molecular complexity index is 699. The van der Waals surface area contributed by atoms with E-state index >= 15 is 0 Å². The Kier molecular flexibility index (Phi) is 6.41. The molecule has 4 aromatic rings. The zero-order chi connectivity index (χ0) is 15.0. The molecule has 0 spiro atoms. The summed E-state index contributed by atoms with van der Waals surface area (Å²) < 4.78 is 3.44. The summed E-state index contributed by atoms with van der Waals surface area (Å²) >= 11 is 0. The standard InChI is InChI=1S/C9H7N2.C8H6N3.Ir/c1-2-5-9(6-3-1)11-8-4-7-10-11;1-2-4-8(5-3-1)11-7-9-6-10-11;/h1-5,7-8H;1-4,6-7H;/q2*-1;. The maximum Gasteiger partial charge on any atom is 0.138 e. The molecule has 0 fully saturated rings. The van der Waals surface area contributed by atoms with Crippen LogP contribution in [-0.2, 0) is 20.1 Å². The van der Waals surface area contributed by atoms with Gasteiger partial charge in [0.25, 0.3) is 0 Å². The molecular formula is C17H13IrN5-2. The topological polar surface area (TPSA) is 48.5 Å². The molecule has 2 aromatic heterocycles. The normalized spacial score (nSPS) is 9.39. The minimum absolute atomic E-state index is 0. The van der Waals surface area contributed by atoms with Crippen molar-refractivity contribution in [3.63, 3.8) is 0 Å². The van der Waals surface area contributed by atoms with Crippen molar-refractivity contribution in [2.75, 3.05) is 0 Å². The second-order valence-corrected chi connectivity index (χ2v) is 4.29. The van der Waals surface area contributed by atoms with Crippen LogP contribution in [0.3, 0.4) is 0 Å². The third-order valence-electron chi connectivity index (χ3n) is 2.80. The molecule has 1 radical (unpaired) electrons. The Labute approximate surface area is 148 Å². The van der Waals surface area contributed by atoms with Gasteiger partial charge in [0.1, 0.15) is 12.7 Å². The Morgan fingerprint density at radius 2 is 1.48 bits per heavy atom. The number of benzene rings is 2. The molecule has 4 rings (SSSR count). The van der Waals surface area contributed by atoms with Gasteiger partial charge in [-0.15, -0.1) is 12.1 Å². The first-order valence-corrected chi connectivity index (χ1v) is 6.72. The minimum atomic E-state index is 0. The first-order valence-electron chi connectivity index (χ1n) is 6.72. The van der Waals surface area contributed by atoms with Crippen molar-refractivity contribution in [3.05, 3.63) is 91.8 Å². The monoisotopic (exact) mass is 480 g/mol. The Morgan fingerprint density at radius 1 is 0.783 bits per heavy atom. The molecule has 0 amide bonds. The third-order valence-corrected chi connectivity index (χ3v) is 2.80. The largest absolute Gasteiger partial charge is 0.266 e. The van der Waals surface area contributed by atoms with Crippen LogP contribution in [0.1, 0.15) is 0 Å². The second-order valence-electron chi connectivity index (χ2n) is 4.29. The van der Waals surface area contributed by atoms with Crippen LogP contribution >= 0.6 is 0 Å². The summed E-state index contributed by atoms with van der Waals surface area (Å²) in [5.41, 5.74) is 1.88. The van der Waals surface area contributed by atoms with Crippen molar-refractivity contribution >= 4 is 0 Å². The Balaban J connectivity index is 0.000000160. The predicted molar refractivity (Wildman–Crippen MR) is 82.6 cm³/mol.